The maximum Gasteiger partial charge on any atom is 0.408 e. The zero-order valence-corrected chi connectivity index (χ0v) is 20.7. The van der Waals surface area contributed by atoms with Crippen molar-refractivity contribution in [3.63, 3.8) is 0 Å². The van der Waals surface area contributed by atoms with Crippen molar-refractivity contribution < 1.29 is 28.4 Å². The molecule has 0 fully saturated rings. The number of ether oxygens (including phenoxy) is 2. The van der Waals surface area contributed by atoms with E-state index in [-0.39, 0.29) is 35.8 Å². The van der Waals surface area contributed by atoms with E-state index >= 15 is 0 Å². The summed E-state index contributed by atoms with van der Waals surface area (Å²) >= 11 is 0. The van der Waals surface area contributed by atoms with Crippen molar-refractivity contribution in [2.45, 2.75) is 19.1 Å². The Hall–Kier alpha value is -5.46. The fourth-order valence-corrected chi connectivity index (χ4v) is 3.53. The third-order valence-electron chi connectivity index (χ3n) is 5.46. The number of nitrogens with one attached hydrogen (secondary N) is 3. The van der Waals surface area contributed by atoms with E-state index in [0.717, 1.165) is 5.56 Å². The molecule has 0 aliphatic heterocycles. The highest BCUT2D eigenvalue weighted by molar-refractivity contribution is 5.87. The second kappa shape index (κ2) is 12.7. The highest BCUT2D eigenvalue weighted by Crippen LogP contribution is 2.33. The maximum atomic E-state index is 12.8. The number of methoxy groups -OCH3 is 1. The number of amides is 2. The van der Waals surface area contributed by atoms with E-state index in [2.05, 4.69) is 25.8 Å². The number of alkyl carbamates (subject to hydrolysis) is 1. The molecule has 2 aromatic carbocycles. The first-order valence-electron chi connectivity index (χ1n) is 11.6. The maximum absolute atomic E-state index is 12.8. The van der Waals surface area contributed by atoms with Crippen molar-refractivity contribution in [1.82, 2.24) is 20.7 Å². The molecule has 13 nitrogen and oxygen atoms in total. The number of hydrogen-bond acceptors (Lipinski definition) is 9. The lowest BCUT2D eigenvalue weighted by Gasteiger charge is -2.16. The molecule has 13 heteroatoms. The molecule has 0 aliphatic carbocycles. The lowest BCUT2D eigenvalue weighted by Crippen LogP contribution is -2.47. The molecule has 0 unspecified atom stereocenters. The van der Waals surface area contributed by atoms with Gasteiger partial charge in [-0.25, -0.2) is 15.2 Å². The van der Waals surface area contributed by atoms with Gasteiger partial charge < -0.3 is 24.2 Å². The lowest BCUT2D eigenvalue weighted by molar-refractivity contribution is -0.384. The van der Waals surface area contributed by atoms with Gasteiger partial charge in [-0.3, -0.25) is 14.9 Å². The van der Waals surface area contributed by atoms with Crippen molar-refractivity contribution in [3.05, 3.63) is 100 Å². The van der Waals surface area contributed by atoms with Gasteiger partial charge in [0.15, 0.2) is 0 Å². The molecule has 2 heterocycles. The average Bonchev–Trinajstić information content (AvgIpc) is 3.64. The number of hydrogen-bond donors (Lipinski definition) is 3. The fourth-order valence-electron chi connectivity index (χ4n) is 3.53. The van der Waals surface area contributed by atoms with Crippen LogP contribution in [0.1, 0.15) is 17.0 Å². The zero-order chi connectivity index (χ0) is 27.6. The van der Waals surface area contributed by atoms with Crippen molar-refractivity contribution >= 4 is 23.9 Å². The first kappa shape index (κ1) is 26.6. The summed E-state index contributed by atoms with van der Waals surface area (Å²) in [6.45, 7) is 0.0381. The van der Waals surface area contributed by atoms with Crippen LogP contribution in [0.25, 0.3) is 11.3 Å². The minimum absolute atomic E-state index is 0.0381. The van der Waals surface area contributed by atoms with E-state index in [1.807, 2.05) is 30.3 Å². The molecule has 39 heavy (non-hydrogen) atoms. The second-order valence-corrected chi connectivity index (χ2v) is 8.12. The number of benzene rings is 2. The average molecular weight is 533 g/mol. The Morgan fingerprint density at radius 1 is 1.21 bits per heavy atom. The summed E-state index contributed by atoms with van der Waals surface area (Å²) in [6.07, 6.45) is 3.55. The summed E-state index contributed by atoms with van der Waals surface area (Å²) in [5.74, 6) is 0.187. The van der Waals surface area contributed by atoms with Crippen molar-refractivity contribution in [1.29, 1.82) is 0 Å². The van der Waals surface area contributed by atoms with Crippen LogP contribution < -0.4 is 15.5 Å². The Bertz CT molecular complexity index is 1450. The van der Waals surface area contributed by atoms with E-state index in [4.69, 9.17) is 13.9 Å². The molecule has 0 bridgehead atoms. The predicted octanol–water partition coefficient (Wildman–Crippen LogP) is 3.57. The number of H-pyrrole nitrogens is 1. The number of carbonyl (C=O) groups is 2. The summed E-state index contributed by atoms with van der Waals surface area (Å²) in [4.78, 5) is 42.9. The number of nitro groups is 1. The number of nitro benzene ring substituents is 1. The van der Waals surface area contributed by atoms with Crippen LogP contribution in [0.15, 0.2) is 82.7 Å². The van der Waals surface area contributed by atoms with Crippen LogP contribution >= 0.6 is 0 Å². The molecule has 1 atom stereocenters. The lowest BCUT2D eigenvalue weighted by atomic mass is 10.1. The van der Waals surface area contributed by atoms with E-state index < -0.39 is 23.0 Å². The molecule has 2 aromatic heterocycles. The highest BCUT2D eigenvalue weighted by Gasteiger charge is 2.23. The van der Waals surface area contributed by atoms with Gasteiger partial charge in [0.25, 0.3) is 11.6 Å². The SMILES string of the molecule is COc1ccc(-c2ccc(/C=N\NC(=O)[C@@H](Cc3cnc[nH]3)NC(=O)OCc3ccccc3)o2)c([N+](=O)[O-])c1. The third-order valence-corrected chi connectivity index (χ3v) is 5.46. The number of furan rings is 1. The molecule has 0 aliphatic rings. The number of imidazole rings is 1. The molecular formula is C26H24N6O7. The molecule has 0 saturated carbocycles. The smallest absolute Gasteiger partial charge is 0.408 e. The number of aromatic nitrogens is 2. The van der Waals surface area contributed by atoms with Gasteiger partial charge in [-0.05, 0) is 29.8 Å². The van der Waals surface area contributed by atoms with Gasteiger partial charge in [-0.1, -0.05) is 30.3 Å². The molecule has 0 radical (unpaired) electrons. The van der Waals surface area contributed by atoms with Crippen LogP contribution in [-0.4, -0.2) is 46.3 Å². The van der Waals surface area contributed by atoms with Gasteiger partial charge in [0.05, 0.1) is 36.2 Å². The molecule has 3 N–H and O–H groups in total. The van der Waals surface area contributed by atoms with Crippen LogP contribution in [-0.2, 0) is 22.6 Å². The quantitative estimate of drug-likeness (QED) is 0.149. The van der Waals surface area contributed by atoms with E-state index in [1.54, 1.807) is 18.2 Å². The van der Waals surface area contributed by atoms with Gasteiger partial charge >= 0.3 is 6.09 Å². The van der Waals surface area contributed by atoms with Gasteiger partial charge in [0.2, 0.25) is 0 Å². The van der Waals surface area contributed by atoms with Crippen LogP contribution in [0.5, 0.6) is 5.75 Å². The predicted molar refractivity (Wildman–Crippen MR) is 139 cm³/mol. The largest absolute Gasteiger partial charge is 0.497 e. The minimum atomic E-state index is -1.03. The van der Waals surface area contributed by atoms with E-state index in [1.165, 1.54) is 38.0 Å². The van der Waals surface area contributed by atoms with Crippen molar-refractivity contribution in [2.24, 2.45) is 5.10 Å². The summed E-state index contributed by atoms with van der Waals surface area (Å²) < 4.78 is 15.9. The summed E-state index contributed by atoms with van der Waals surface area (Å²) in [6, 6.07) is 15.6. The van der Waals surface area contributed by atoms with Crippen LogP contribution in [0.3, 0.4) is 0 Å². The van der Waals surface area contributed by atoms with Gasteiger partial charge in [-0.15, -0.1) is 0 Å². The highest BCUT2D eigenvalue weighted by atomic mass is 16.6. The second-order valence-electron chi connectivity index (χ2n) is 8.12. The molecule has 0 spiro atoms. The molecule has 0 saturated heterocycles. The first-order chi connectivity index (χ1) is 18.9. The molecule has 4 rings (SSSR count). The topological polar surface area (TPSA) is 174 Å². The third kappa shape index (κ3) is 7.29. The summed E-state index contributed by atoms with van der Waals surface area (Å²) in [5, 5.41) is 17.9. The Morgan fingerprint density at radius 3 is 2.74 bits per heavy atom. The normalized spacial score (nSPS) is 11.6. The Labute approximate surface area is 222 Å². The summed E-state index contributed by atoms with van der Waals surface area (Å²) in [5.41, 5.74) is 3.83. The van der Waals surface area contributed by atoms with E-state index in [0.29, 0.717) is 11.4 Å². The standard InChI is InChI=1S/C26H24N6O7/c1-37-19-7-9-21(23(12-19)32(35)36)24-10-8-20(39-24)14-29-31-25(33)22(11-18-13-27-16-28-18)30-26(34)38-15-17-5-3-2-4-6-17/h2-10,12-14,16,22H,11,15H2,1H3,(H,27,28)(H,30,34)(H,31,33)/b29-14-/t22-/m1/s1. The first-order valence-corrected chi connectivity index (χ1v) is 11.6. The van der Waals surface area contributed by atoms with Crippen molar-refractivity contribution in [3.8, 4) is 17.1 Å². The Kier molecular flexibility index (Phi) is 8.64. The molecule has 200 valence electrons. The van der Waals surface area contributed by atoms with Crippen LogP contribution in [0.4, 0.5) is 10.5 Å². The Morgan fingerprint density at radius 2 is 2.03 bits per heavy atom. The number of hydrazone groups is 1. The van der Waals surface area contributed by atoms with Crippen LogP contribution in [0, 0.1) is 10.1 Å². The molecular weight excluding hydrogens is 508 g/mol. The molecule has 2 amide bonds. The number of nitrogens with zero attached hydrogens (tertiary/aromatic N) is 3. The van der Waals surface area contributed by atoms with Gasteiger partial charge in [-0.2, -0.15) is 5.10 Å². The van der Waals surface area contributed by atoms with Crippen LogP contribution in [0.2, 0.25) is 0 Å². The van der Waals surface area contributed by atoms with Gasteiger partial charge in [0.1, 0.15) is 29.9 Å². The van der Waals surface area contributed by atoms with E-state index in [9.17, 15) is 19.7 Å². The number of rotatable bonds is 11. The number of aromatic amines is 1. The Balaban J connectivity index is 1.40. The van der Waals surface area contributed by atoms with Gasteiger partial charge in [0, 0.05) is 18.3 Å². The summed E-state index contributed by atoms with van der Waals surface area (Å²) in [7, 11) is 1.41. The van der Waals surface area contributed by atoms with Crippen molar-refractivity contribution in [2.75, 3.05) is 7.11 Å². The number of carbonyl (C=O) groups excluding carboxylic acids is 2. The molecule has 4 aromatic rings. The zero-order valence-electron chi connectivity index (χ0n) is 20.7. The fraction of sp³-hybridized carbons (Fsp3) is 0.154. The minimum Gasteiger partial charge on any atom is -0.497 e. The monoisotopic (exact) mass is 532 g/mol.